The van der Waals surface area contributed by atoms with E-state index < -0.39 is 16.8 Å². The number of aliphatic hydroxyl groups excluding tert-OH is 1. The van der Waals surface area contributed by atoms with Crippen molar-refractivity contribution in [2.24, 2.45) is 0 Å². The number of nitriles is 1. The van der Waals surface area contributed by atoms with E-state index in [0.717, 1.165) is 27.8 Å². The van der Waals surface area contributed by atoms with Gasteiger partial charge in [-0.25, -0.2) is 9.37 Å². The van der Waals surface area contributed by atoms with E-state index in [4.69, 9.17) is 4.74 Å². The first-order valence-electron chi connectivity index (χ1n) is 12.0. The van der Waals surface area contributed by atoms with Crippen LogP contribution in [0.1, 0.15) is 28.3 Å². The summed E-state index contributed by atoms with van der Waals surface area (Å²) in [7, 11) is 1.53. The first kappa shape index (κ1) is 23.2. The van der Waals surface area contributed by atoms with Crippen LogP contribution >= 0.6 is 0 Å². The van der Waals surface area contributed by atoms with Gasteiger partial charge in [0.2, 0.25) is 5.95 Å². The summed E-state index contributed by atoms with van der Waals surface area (Å²) in [6, 6.07) is 17.6. The number of aliphatic hydroxyl groups is 1. The molecule has 8 nitrogen and oxygen atoms in total. The summed E-state index contributed by atoms with van der Waals surface area (Å²) >= 11 is 0. The van der Waals surface area contributed by atoms with Crippen LogP contribution in [0.2, 0.25) is 0 Å². The van der Waals surface area contributed by atoms with Crippen LogP contribution in [0.15, 0.2) is 60.7 Å². The van der Waals surface area contributed by atoms with Gasteiger partial charge in [0.15, 0.2) is 6.19 Å². The maximum Gasteiger partial charge on any atom is 0.217 e. The van der Waals surface area contributed by atoms with Gasteiger partial charge >= 0.3 is 0 Å². The topological polar surface area (TPSA) is 106 Å². The number of nitrogens with zero attached hydrogens (tertiary/aromatic N) is 4. The van der Waals surface area contributed by atoms with Crippen LogP contribution in [0.25, 0.3) is 22.7 Å². The van der Waals surface area contributed by atoms with Crippen molar-refractivity contribution in [3.8, 4) is 11.9 Å². The average molecular weight is 498 g/mol. The zero-order chi connectivity index (χ0) is 25.7. The molecule has 9 heteroatoms. The molecule has 1 saturated heterocycles. The van der Waals surface area contributed by atoms with Crippen molar-refractivity contribution < 1.29 is 18.9 Å². The number of rotatable bonds is 3. The third-order valence-electron chi connectivity index (χ3n) is 7.04. The fraction of sp³-hybridized carbons (Fsp3) is 0.214. The van der Waals surface area contributed by atoms with Crippen LogP contribution in [-0.4, -0.2) is 45.5 Å². The highest BCUT2D eigenvalue weighted by molar-refractivity contribution is 5.96. The summed E-state index contributed by atoms with van der Waals surface area (Å²) in [4.78, 5) is 4.61. The highest BCUT2D eigenvalue weighted by atomic mass is 19.1. The zero-order valence-corrected chi connectivity index (χ0v) is 20.1. The number of aromatic nitrogens is 2. The minimum absolute atomic E-state index is 0.0714. The predicted octanol–water partition coefficient (Wildman–Crippen LogP) is 4.41. The van der Waals surface area contributed by atoms with Crippen LogP contribution in [0, 0.1) is 22.5 Å². The van der Waals surface area contributed by atoms with E-state index in [1.165, 1.54) is 19.2 Å². The Hall–Kier alpha value is -4.23. The van der Waals surface area contributed by atoms with Gasteiger partial charge < -0.3 is 19.7 Å². The monoisotopic (exact) mass is 497 g/mol. The molecule has 2 aliphatic heterocycles. The molecule has 0 amide bonds. The lowest BCUT2D eigenvalue weighted by molar-refractivity contribution is -0.850. The van der Waals surface area contributed by atoms with Crippen molar-refractivity contribution in [1.29, 1.82) is 5.26 Å². The average Bonchev–Trinajstić information content (AvgIpc) is 3.30. The quantitative estimate of drug-likeness (QED) is 0.188. The molecule has 0 bridgehead atoms. The van der Waals surface area contributed by atoms with Crippen molar-refractivity contribution in [2.45, 2.75) is 18.8 Å². The van der Waals surface area contributed by atoms with E-state index in [1.807, 2.05) is 54.7 Å². The van der Waals surface area contributed by atoms with Crippen molar-refractivity contribution >= 4 is 28.6 Å². The van der Waals surface area contributed by atoms with E-state index >= 15 is 0 Å². The van der Waals surface area contributed by atoms with E-state index in [0.29, 0.717) is 23.4 Å². The molecule has 2 N–H and O–H groups in total. The highest BCUT2D eigenvalue weighted by Crippen LogP contribution is 2.39. The summed E-state index contributed by atoms with van der Waals surface area (Å²) < 4.78 is 21.1. The molecule has 3 aromatic carbocycles. The van der Waals surface area contributed by atoms with Crippen LogP contribution in [0.3, 0.4) is 0 Å². The van der Waals surface area contributed by atoms with E-state index in [2.05, 4.69) is 10.3 Å². The Labute approximate surface area is 212 Å². The minimum Gasteiger partial charge on any atom is -0.633 e. The Bertz CT molecular complexity index is 1600. The van der Waals surface area contributed by atoms with Crippen LogP contribution < -0.4 is 10.1 Å². The Morgan fingerprint density at radius 2 is 2.03 bits per heavy atom. The van der Waals surface area contributed by atoms with Gasteiger partial charge in [0.25, 0.3) is 0 Å². The van der Waals surface area contributed by atoms with E-state index in [9.17, 15) is 20.0 Å². The molecule has 1 unspecified atom stereocenters. The smallest absolute Gasteiger partial charge is 0.217 e. The van der Waals surface area contributed by atoms with Gasteiger partial charge in [-0.1, -0.05) is 30.3 Å². The zero-order valence-electron chi connectivity index (χ0n) is 20.1. The molecule has 0 radical (unpaired) electrons. The maximum absolute atomic E-state index is 14.0. The largest absolute Gasteiger partial charge is 0.633 e. The fourth-order valence-electron chi connectivity index (χ4n) is 5.41. The molecule has 3 heterocycles. The molecule has 186 valence electrons. The maximum atomic E-state index is 14.0. The van der Waals surface area contributed by atoms with E-state index in [-0.39, 0.29) is 24.9 Å². The standard InChI is InChI=1S/C28H24FN5O3/c1-34(36)13-25(26(35)14-34)33-24-9-6-17(11-23(24)32-28(33)31-16-30)10-22-20-5-3-2-4-18(20)15-37-27-12-19(29)7-8-21(22)27/h2-12,25-26,35H,13-15H2,1H3,(H,31,32)/b22-10+/t25-,26-,34?/m0/s1. The number of hydroxylamine groups is 3. The van der Waals surface area contributed by atoms with Gasteiger partial charge in [-0.15, -0.1) is 0 Å². The number of halogens is 1. The predicted molar refractivity (Wildman–Crippen MR) is 137 cm³/mol. The molecule has 0 aliphatic carbocycles. The molecule has 1 fully saturated rings. The second kappa shape index (κ2) is 8.71. The first-order chi connectivity index (χ1) is 17.8. The summed E-state index contributed by atoms with van der Waals surface area (Å²) in [5, 5.41) is 35.1. The SMILES string of the molecule is C[N+]1([O-])C[C@H](O)[C@@H](n2c(NC#N)nc3cc(/C=C4\c5ccccc5COc5cc(F)ccc54)ccc32)C1. The number of benzene rings is 3. The van der Waals surface area contributed by atoms with Gasteiger partial charge in [0, 0.05) is 11.6 Å². The number of likely N-dealkylation sites (tertiary alicyclic amines) is 1. The number of ether oxygens (including phenoxy) is 1. The molecular weight excluding hydrogens is 473 g/mol. The van der Waals surface area contributed by atoms with Crippen LogP contribution in [0.5, 0.6) is 5.75 Å². The summed E-state index contributed by atoms with van der Waals surface area (Å²) in [5.41, 5.74) is 5.83. The number of anilines is 1. The Morgan fingerprint density at radius 1 is 1.19 bits per heavy atom. The molecule has 4 aromatic rings. The molecular formula is C28H24FN5O3. The number of hydrogen-bond donors (Lipinski definition) is 2. The van der Waals surface area contributed by atoms with Crippen molar-refractivity contribution in [3.05, 3.63) is 93.9 Å². The van der Waals surface area contributed by atoms with Gasteiger partial charge in [-0.3, -0.25) is 9.88 Å². The van der Waals surface area contributed by atoms with Gasteiger partial charge in [-0.05, 0) is 52.6 Å². The number of quaternary nitrogens is 1. The highest BCUT2D eigenvalue weighted by Gasteiger charge is 2.40. The second-order valence-corrected chi connectivity index (χ2v) is 9.73. The number of imidazole rings is 1. The van der Waals surface area contributed by atoms with Gasteiger partial charge in [0.1, 0.15) is 43.4 Å². The molecule has 37 heavy (non-hydrogen) atoms. The van der Waals surface area contributed by atoms with Crippen LogP contribution in [0.4, 0.5) is 10.3 Å². The molecule has 3 atom stereocenters. The first-order valence-corrected chi connectivity index (χ1v) is 12.0. The Kier molecular flexibility index (Phi) is 5.46. The van der Waals surface area contributed by atoms with Crippen molar-refractivity contribution in [1.82, 2.24) is 9.55 Å². The molecule has 0 spiro atoms. The number of likely N-dealkylation sites (N-methyl/N-ethyl adjacent to an activating group) is 1. The molecule has 0 saturated carbocycles. The Balaban J connectivity index is 1.50. The minimum atomic E-state index is -0.861. The third kappa shape index (κ3) is 4.11. The molecule has 2 aliphatic rings. The van der Waals surface area contributed by atoms with E-state index in [1.54, 1.807) is 10.6 Å². The number of hydrogen-bond acceptors (Lipinski definition) is 6. The van der Waals surface area contributed by atoms with Gasteiger partial charge in [0.05, 0.1) is 18.1 Å². The third-order valence-corrected chi connectivity index (χ3v) is 7.04. The normalized spacial score (nSPS) is 23.7. The lowest BCUT2D eigenvalue weighted by Crippen LogP contribution is -2.35. The fourth-order valence-corrected chi connectivity index (χ4v) is 5.41. The van der Waals surface area contributed by atoms with Crippen LogP contribution in [-0.2, 0) is 6.61 Å². The number of fused-ring (bicyclic) bond motifs is 3. The summed E-state index contributed by atoms with van der Waals surface area (Å²) in [6.07, 6.45) is 3.05. The summed E-state index contributed by atoms with van der Waals surface area (Å²) in [5.74, 6) is 0.389. The lowest BCUT2D eigenvalue weighted by Gasteiger charge is -2.33. The van der Waals surface area contributed by atoms with Crippen molar-refractivity contribution in [3.63, 3.8) is 0 Å². The molecule has 6 rings (SSSR count). The second-order valence-electron chi connectivity index (χ2n) is 9.73. The lowest BCUT2D eigenvalue weighted by atomic mass is 9.92. The van der Waals surface area contributed by atoms with Gasteiger partial charge in [-0.2, -0.15) is 5.26 Å². The van der Waals surface area contributed by atoms with Crippen molar-refractivity contribution in [2.75, 3.05) is 25.5 Å². The summed E-state index contributed by atoms with van der Waals surface area (Å²) in [6.45, 7) is 0.572. The number of nitrogens with one attached hydrogen (secondary N) is 1. The molecule has 1 aromatic heterocycles. The Morgan fingerprint density at radius 3 is 2.81 bits per heavy atom.